The van der Waals surface area contributed by atoms with Gasteiger partial charge in [-0.3, -0.25) is 9.59 Å². The van der Waals surface area contributed by atoms with Crippen molar-refractivity contribution in [3.05, 3.63) is 54.4 Å². The van der Waals surface area contributed by atoms with Crippen LogP contribution in [0.25, 0.3) is 0 Å². The van der Waals surface area contributed by atoms with Gasteiger partial charge in [-0.1, -0.05) is 18.2 Å². The summed E-state index contributed by atoms with van der Waals surface area (Å²) in [5.74, 6) is -0.939. The zero-order valence-electron chi connectivity index (χ0n) is 11.1. The number of nitrogens with one attached hydrogen (secondary N) is 1. The fourth-order valence-corrected chi connectivity index (χ4v) is 2.17. The first-order valence-electron chi connectivity index (χ1n) is 6.48. The summed E-state index contributed by atoms with van der Waals surface area (Å²) in [5, 5.41) is 12.1. The van der Waals surface area contributed by atoms with Crippen molar-refractivity contribution in [2.24, 2.45) is 0 Å². The molecule has 2 amide bonds. The number of aromatic hydroxyl groups is 1. The van der Waals surface area contributed by atoms with E-state index in [1.54, 1.807) is 4.90 Å². The van der Waals surface area contributed by atoms with Crippen molar-refractivity contribution >= 4 is 17.5 Å². The van der Waals surface area contributed by atoms with E-state index in [9.17, 15) is 14.7 Å². The van der Waals surface area contributed by atoms with E-state index in [4.69, 9.17) is 0 Å². The standard InChI is InChI=1S/C15H13N3O3/c19-12-7-4-8-16-13(12)14(20)17-11-9-18(15(11)21)10-5-2-1-3-6-10/h1-8,11,19H,9H2,(H,17,20). The Kier molecular flexibility index (Phi) is 3.27. The minimum Gasteiger partial charge on any atom is -0.505 e. The number of carbonyl (C=O) groups excluding carboxylic acids is 2. The minimum atomic E-state index is -0.584. The van der Waals surface area contributed by atoms with Crippen molar-refractivity contribution in [3.8, 4) is 5.75 Å². The molecule has 3 rings (SSSR count). The third-order valence-electron chi connectivity index (χ3n) is 3.30. The van der Waals surface area contributed by atoms with Crippen molar-refractivity contribution < 1.29 is 14.7 Å². The highest BCUT2D eigenvalue weighted by Crippen LogP contribution is 2.22. The molecule has 2 heterocycles. The van der Waals surface area contributed by atoms with Gasteiger partial charge in [-0.25, -0.2) is 4.98 Å². The SMILES string of the molecule is O=C(NC1CN(c2ccccc2)C1=O)c1ncccc1O. The molecule has 1 aromatic carbocycles. The van der Waals surface area contributed by atoms with Crippen LogP contribution in [0.4, 0.5) is 5.69 Å². The van der Waals surface area contributed by atoms with Gasteiger partial charge in [0.2, 0.25) is 0 Å². The second-order valence-corrected chi connectivity index (χ2v) is 4.68. The van der Waals surface area contributed by atoms with Gasteiger partial charge in [-0.2, -0.15) is 0 Å². The number of rotatable bonds is 3. The number of benzene rings is 1. The predicted octanol–water partition coefficient (Wildman–Crippen LogP) is 0.932. The fourth-order valence-electron chi connectivity index (χ4n) is 2.17. The summed E-state index contributed by atoms with van der Waals surface area (Å²) in [7, 11) is 0. The zero-order valence-corrected chi connectivity index (χ0v) is 11.1. The molecule has 1 atom stereocenters. The average Bonchev–Trinajstić information content (AvgIpc) is 2.51. The number of pyridine rings is 1. The third kappa shape index (κ3) is 2.43. The lowest BCUT2D eigenvalue weighted by Crippen LogP contribution is -2.64. The number of β-lactam (4-membered cyclic amide) rings is 1. The molecule has 1 aliphatic heterocycles. The molecule has 6 nitrogen and oxygen atoms in total. The van der Waals surface area contributed by atoms with Gasteiger partial charge in [0.15, 0.2) is 5.69 Å². The number of amides is 2. The van der Waals surface area contributed by atoms with E-state index in [-0.39, 0.29) is 17.4 Å². The van der Waals surface area contributed by atoms with Gasteiger partial charge in [0.25, 0.3) is 11.8 Å². The topological polar surface area (TPSA) is 82.5 Å². The molecular formula is C15H13N3O3. The van der Waals surface area contributed by atoms with E-state index in [0.717, 1.165) is 5.69 Å². The molecule has 0 spiro atoms. The minimum absolute atomic E-state index is 0.0801. The van der Waals surface area contributed by atoms with Gasteiger partial charge < -0.3 is 15.3 Å². The van der Waals surface area contributed by atoms with Gasteiger partial charge in [0, 0.05) is 11.9 Å². The Morgan fingerprint density at radius 1 is 1.24 bits per heavy atom. The Hall–Kier alpha value is -2.89. The van der Waals surface area contributed by atoms with Crippen LogP contribution in [0.3, 0.4) is 0 Å². The molecule has 0 bridgehead atoms. The highest BCUT2D eigenvalue weighted by molar-refractivity contribution is 6.07. The van der Waals surface area contributed by atoms with E-state index in [1.165, 1.54) is 18.3 Å². The normalized spacial score (nSPS) is 17.2. The third-order valence-corrected chi connectivity index (χ3v) is 3.30. The first-order valence-corrected chi connectivity index (χ1v) is 6.48. The van der Waals surface area contributed by atoms with Crippen LogP contribution < -0.4 is 10.2 Å². The van der Waals surface area contributed by atoms with Crippen molar-refractivity contribution in [1.82, 2.24) is 10.3 Å². The van der Waals surface area contributed by atoms with E-state index < -0.39 is 11.9 Å². The molecule has 21 heavy (non-hydrogen) atoms. The molecule has 1 saturated heterocycles. The second kappa shape index (κ2) is 5.24. The van der Waals surface area contributed by atoms with Crippen molar-refractivity contribution in [1.29, 1.82) is 0 Å². The van der Waals surface area contributed by atoms with Gasteiger partial charge in [-0.15, -0.1) is 0 Å². The molecule has 106 valence electrons. The van der Waals surface area contributed by atoms with Crippen molar-refractivity contribution in [2.75, 3.05) is 11.4 Å². The van der Waals surface area contributed by atoms with Crippen LogP contribution in [0.15, 0.2) is 48.7 Å². The monoisotopic (exact) mass is 283 g/mol. The van der Waals surface area contributed by atoms with Gasteiger partial charge in [0.1, 0.15) is 11.8 Å². The molecule has 2 N–H and O–H groups in total. The van der Waals surface area contributed by atoms with Crippen LogP contribution in [-0.4, -0.2) is 34.5 Å². The highest BCUT2D eigenvalue weighted by atomic mass is 16.3. The number of aromatic nitrogens is 1. The Balaban J connectivity index is 1.65. The van der Waals surface area contributed by atoms with E-state index in [1.807, 2.05) is 30.3 Å². The molecule has 0 radical (unpaired) electrons. The number of anilines is 1. The quantitative estimate of drug-likeness (QED) is 0.821. The van der Waals surface area contributed by atoms with E-state index in [2.05, 4.69) is 10.3 Å². The largest absolute Gasteiger partial charge is 0.505 e. The molecule has 2 aromatic rings. The number of para-hydroxylation sites is 1. The maximum Gasteiger partial charge on any atom is 0.274 e. The molecular weight excluding hydrogens is 270 g/mol. The number of nitrogens with zero attached hydrogens (tertiary/aromatic N) is 2. The molecule has 0 saturated carbocycles. The van der Waals surface area contributed by atoms with E-state index in [0.29, 0.717) is 6.54 Å². The summed E-state index contributed by atoms with van der Waals surface area (Å²) in [6, 6.07) is 11.6. The van der Waals surface area contributed by atoms with Crippen LogP contribution in [0, 0.1) is 0 Å². The summed E-state index contributed by atoms with van der Waals surface area (Å²) >= 11 is 0. The molecule has 1 fully saturated rings. The van der Waals surface area contributed by atoms with Crippen LogP contribution in [0.1, 0.15) is 10.5 Å². The smallest absolute Gasteiger partial charge is 0.274 e. The molecule has 6 heteroatoms. The van der Waals surface area contributed by atoms with Gasteiger partial charge in [0.05, 0.1) is 6.54 Å². The summed E-state index contributed by atoms with van der Waals surface area (Å²) in [5.41, 5.74) is 0.720. The van der Waals surface area contributed by atoms with Crippen LogP contribution >= 0.6 is 0 Å². The van der Waals surface area contributed by atoms with Gasteiger partial charge in [-0.05, 0) is 24.3 Å². The Morgan fingerprint density at radius 2 is 2.00 bits per heavy atom. The summed E-state index contributed by atoms with van der Waals surface area (Å²) < 4.78 is 0. The average molecular weight is 283 g/mol. The second-order valence-electron chi connectivity index (χ2n) is 4.68. The first-order chi connectivity index (χ1) is 10.2. The summed E-state index contributed by atoms with van der Waals surface area (Å²) in [6.45, 7) is 0.405. The predicted molar refractivity (Wildman–Crippen MR) is 76.0 cm³/mol. The van der Waals surface area contributed by atoms with E-state index >= 15 is 0 Å². The Labute approximate surface area is 121 Å². The molecule has 1 aliphatic rings. The number of hydrogen-bond acceptors (Lipinski definition) is 4. The van der Waals surface area contributed by atoms with Crippen molar-refractivity contribution in [3.63, 3.8) is 0 Å². The lowest BCUT2D eigenvalue weighted by Gasteiger charge is -2.38. The fraction of sp³-hybridized carbons (Fsp3) is 0.133. The molecule has 1 aromatic heterocycles. The van der Waals surface area contributed by atoms with Crippen LogP contribution in [0.2, 0.25) is 0 Å². The Bertz CT molecular complexity index is 688. The maximum absolute atomic E-state index is 12.0. The van der Waals surface area contributed by atoms with Crippen LogP contribution in [0.5, 0.6) is 5.75 Å². The molecule has 1 unspecified atom stereocenters. The lowest BCUT2D eigenvalue weighted by atomic mass is 10.1. The zero-order chi connectivity index (χ0) is 14.8. The number of hydrogen-bond donors (Lipinski definition) is 2. The maximum atomic E-state index is 12.0. The molecule has 0 aliphatic carbocycles. The van der Waals surface area contributed by atoms with Gasteiger partial charge >= 0.3 is 0 Å². The van der Waals surface area contributed by atoms with Crippen molar-refractivity contribution in [2.45, 2.75) is 6.04 Å². The first kappa shape index (κ1) is 13.1. The Morgan fingerprint density at radius 3 is 2.67 bits per heavy atom. The summed E-state index contributed by atoms with van der Waals surface area (Å²) in [4.78, 5) is 29.4. The summed E-state index contributed by atoms with van der Waals surface area (Å²) in [6.07, 6.45) is 1.41. The van der Waals surface area contributed by atoms with Crippen LogP contribution in [-0.2, 0) is 4.79 Å². The number of carbonyl (C=O) groups is 2. The highest BCUT2D eigenvalue weighted by Gasteiger charge is 2.39. The lowest BCUT2D eigenvalue weighted by molar-refractivity contribution is -0.124.